The first kappa shape index (κ1) is 12.0. The van der Waals surface area contributed by atoms with Crippen molar-refractivity contribution in [1.82, 2.24) is 4.90 Å². The molecule has 2 aliphatic carbocycles. The molecule has 3 aliphatic rings. The zero-order valence-corrected chi connectivity index (χ0v) is 11.2. The van der Waals surface area contributed by atoms with Gasteiger partial charge in [-0.2, -0.15) is 0 Å². The SMILES string of the molecule is CCC1CCC(C2(O)CCN(C3CC3)C2)CC1. The number of likely N-dealkylation sites (tertiary alicyclic amines) is 1. The molecule has 1 N–H and O–H groups in total. The Morgan fingerprint density at radius 1 is 1.12 bits per heavy atom. The smallest absolute Gasteiger partial charge is 0.0814 e. The van der Waals surface area contributed by atoms with E-state index in [1.165, 1.54) is 44.9 Å². The molecular weight excluding hydrogens is 210 g/mol. The summed E-state index contributed by atoms with van der Waals surface area (Å²) in [6.07, 6.45) is 10.4. The van der Waals surface area contributed by atoms with E-state index >= 15 is 0 Å². The third-order valence-corrected chi connectivity index (χ3v) is 5.56. The van der Waals surface area contributed by atoms with Gasteiger partial charge < -0.3 is 5.11 Å². The molecule has 2 nitrogen and oxygen atoms in total. The lowest BCUT2D eigenvalue weighted by molar-refractivity contribution is -0.0297. The van der Waals surface area contributed by atoms with Crippen LogP contribution in [0, 0.1) is 11.8 Å². The quantitative estimate of drug-likeness (QED) is 0.816. The molecule has 1 saturated heterocycles. The number of hydrogen-bond donors (Lipinski definition) is 1. The third-order valence-electron chi connectivity index (χ3n) is 5.56. The monoisotopic (exact) mass is 237 g/mol. The van der Waals surface area contributed by atoms with Crippen molar-refractivity contribution in [3.05, 3.63) is 0 Å². The van der Waals surface area contributed by atoms with Gasteiger partial charge in [0.1, 0.15) is 0 Å². The van der Waals surface area contributed by atoms with Crippen molar-refractivity contribution in [3.8, 4) is 0 Å². The molecule has 17 heavy (non-hydrogen) atoms. The van der Waals surface area contributed by atoms with Crippen LogP contribution in [-0.2, 0) is 0 Å². The van der Waals surface area contributed by atoms with E-state index in [-0.39, 0.29) is 5.60 Å². The molecule has 0 bridgehead atoms. The number of hydrogen-bond acceptors (Lipinski definition) is 2. The zero-order chi connectivity index (χ0) is 11.9. The van der Waals surface area contributed by atoms with Gasteiger partial charge in [-0.1, -0.05) is 26.2 Å². The molecule has 0 aromatic rings. The minimum Gasteiger partial charge on any atom is -0.388 e. The fourth-order valence-electron chi connectivity index (χ4n) is 4.04. The maximum absolute atomic E-state index is 10.9. The van der Waals surface area contributed by atoms with Crippen LogP contribution in [0.1, 0.15) is 58.3 Å². The van der Waals surface area contributed by atoms with Crippen LogP contribution in [0.15, 0.2) is 0 Å². The van der Waals surface area contributed by atoms with Crippen LogP contribution in [0.25, 0.3) is 0 Å². The van der Waals surface area contributed by atoms with Crippen LogP contribution >= 0.6 is 0 Å². The van der Waals surface area contributed by atoms with Gasteiger partial charge in [0.05, 0.1) is 5.60 Å². The summed E-state index contributed by atoms with van der Waals surface area (Å²) in [6.45, 7) is 4.43. The van der Waals surface area contributed by atoms with Gasteiger partial charge in [0.25, 0.3) is 0 Å². The van der Waals surface area contributed by atoms with Gasteiger partial charge in [0.15, 0.2) is 0 Å². The van der Waals surface area contributed by atoms with Gasteiger partial charge in [-0.05, 0) is 43.9 Å². The third kappa shape index (κ3) is 2.39. The van der Waals surface area contributed by atoms with E-state index in [0.717, 1.165) is 31.5 Å². The van der Waals surface area contributed by atoms with Crippen LogP contribution in [0.2, 0.25) is 0 Å². The molecule has 2 saturated carbocycles. The molecule has 0 amide bonds. The van der Waals surface area contributed by atoms with Crippen LogP contribution in [0.3, 0.4) is 0 Å². The van der Waals surface area contributed by atoms with E-state index in [1.54, 1.807) is 0 Å². The first-order valence-electron chi connectivity index (χ1n) is 7.67. The summed E-state index contributed by atoms with van der Waals surface area (Å²) in [6, 6.07) is 0.830. The van der Waals surface area contributed by atoms with Crippen molar-refractivity contribution in [2.45, 2.75) is 69.9 Å². The highest BCUT2D eigenvalue weighted by molar-refractivity contribution is 5.00. The molecule has 3 fully saturated rings. The van der Waals surface area contributed by atoms with Crippen molar-refractivity contribution in [2.24, 2.45) is 11.8 Å². The summed E-state index contributed by atoms with van der Waals surface area (Å²) in [7, 11) is 0. The molecular formula is C15H27NO. The van der Waals surface area contributed by atoms with Crippen LogP contribution in [0.4, 0.5) is 0 Å². The second-order valence-corrected chi connectivity index (χ2v) is 6.68. The largest absolute Gasteiger partial charge is 0.388 e. The number of β-amino-alcohol motifs (C(OH)–C–C–N with tert-alkyl or cyclic N) is 1. The molecule has 1 aliphatic heterocycles. The zero-order valence-electron chi connectivity index (χ0n) is 11.2. The first-order valence-corrected chi connectivity index (χ1v) is 7.67. The van der Waals surface area contributed by atoms with E-state index in [0.29, 0.717) is 5.92 Å². The fourth-order valence-corrected chi connectivity index (χ4v) is 4.04. The summed E-state index contributed by atoms with van der Waals surface area (Å²) in [5, 5.41) is 10.9. The van der Waals surface area contributed by atoms with E-state index in [9.17, 15) is 5.11 Å². The van der Waals surface area contributed by atoms with Gasteiger partial charge >= 0.3 is 0 Å². The summed E-state index contributed by atoms with van der Waals surface area (Å²) >= 11 is 0. The highest BCUT2D eigenvalue weighted by Crippen LogP contribution is 2.43. The van der Waals surface area contributed by atoms with E-state index in [1.807, 2.05) is 0 Å². The number of nitrogens with zero attached hydrogens (tertiary/aromatic N) is 1. The van der Waals surface area contributed by atoms with Gasteiger partial charge in [-0.25, -0.2) is 0 Å². The van der Waals surface area contributed by atoms with Crippen molar-refractivity contribution < 1.29 is 5.11 Å². The Hall–Kier alpha value is -0.0800. The molecule has 0 radical (unpaired) electrons. The van der Waals surface area contributed by atoms with Crippen LogP contribution in [-0.4, -0.2) is 34.7 Å². The number of aliphatic hydroxyl groups is 1. The van der Waals surface area contributed by atoms with Gasteiger partial charge in [-0.3, -0.25) is 4.90 Å². The molecule has 1 atom stereocenters. The maximum atomic E-state index is 10.9. The van der Waals surface area contributed by atoms with E-state index in [4.69, 9.17) is 0 Å². The minimum atomic E-state index is -0.332. The Morgan fingerprint density at radius 3 is 2.41 bits per heavy atom. The van der Waals surface area contributed by atoms with Crippen LogP contribution in [0.5, 0.6) is 0 Å². The summed E-state index contributed by atoms with van der Waals surface area (Å²) in [4.78, 5) is 2.55. The second-order valence-electron chi connectivity index (χ2n) is 6.68. The Labute approximate surface area is 105 Å². The Kier molecular flexibility index (Phi) is 3.20. The van der Waals surface area contributed by atoms with Crippen molar-refractivity contribution >= 4 is 0 Å². The van der Waals surface area contributed by atoms with Gasteiger partial charge in [0.2, 0.25) is 0 Å². The molecule has 0 aromatic heterocycles. The van der Waals surface area contributed by atoms with E-state index in [2.05, 4.69) is 11.8 Å². The van der Waals surface area contributed by atoms with Gasteiger partial charge in [0, 0.05) is 19.1 Å². The predicted octanol–water partition coefficient (Wildman–Crippen LogP) is 2.80. The molecule has 0 aromatic carbocycles. The lowest BCUT2D eigenvalue weighted by Crippen LogP contribution is -2.42. The van der Waals surface area contributed by atoms with Gasteiger partial charge in [-0.15, -0.1) is 0 Å². The molecule has 2 heteroatoms. The van der Waals surface area contributed by atoms with Crippen LogP contribution < -0.4 is 0 Å². The minimum absolute atomic E-state index is 0.332. The second kappa shape index (κ2) is 4.55. The topological polar surface area (TPSA) is 23.5 Å². The summed E-state index contributed by atoms with van der Waals surface area (Å²) < 4.78 is 0. The lowest BCUT2D eigenvalue weighted by Gasteiger charge is -2.38. The van der Waals surface area contributed by atoms with Crippen molar-refractivity contribution in [1.29, 1.82) is 0 Å². The Balaban J connectivity index is 1.56. The average Bonchev–Trinajstić information content (AvgIpc) is 3.13. The highest BCUT2D eigenvalue weighted by atomic mass is 16.3. The molecule has 1 unspecified atom stereocenters. The molecule has 1 heterocycles. The standard InChI is InChI=1S/C15H27NO/c1-2-12-3-5-13(6-4-12)15(17)9-10-16(11-15)14-7-8-14/h12-14,17H,2-11H2,1H3. The molecule has 98 valence electrons. The lowest BCUT2D eigenvalue weighted by atomic mass is 9.72. The summed E-state index contributed by atoms with van der Waals surface area (Å²) in [5.41, 5.74) is -0.332. The highest BCUT2D eigenvalue weighted by Gasteiger charge is 2.46. The average molecular weight is 237 g/mol. The maximum Gasteiger partial charge on any atom is 0.0814 e. The predicted molar refractivity (Wildman–Crippen MR) is 69.9 cm³/mol. The Bertz CT molecular complexity index is 268. The first-order chi connectivity index (χ1) is 8.21. The number of rotatable bonds is 3. The molecule has 3 rings (SSSR count). The van der Waals surface area contributed by atoms with Crippen molar-refractivity contribution in [3.63, 3.8) is 0 Å². The fraction of sp³-hybridized carbons (Fsp3) is 1.00. The van der Waals surface area contributed by atoms with E-state index < -0.39 is 0 Å². The normalized spacial score (nSPS) is 44.1. The molecule has 0 spiro atoms. The summed E-state index contributed by atoms with van der Waals surface area (Å²) in [5.74, 6) is 1.53. The Morgan fingerprint density at radius 2 is 1.82 bits per heavy atom. The van der Waals surface area contributed by atoms with Crippen molar-refractivity contribution in [2.75, 3.05) is 13.1 Å².